The van der Waals surface area contributed by atoms with Crippen molar-refractivity contribution in [1.82, 2.24) is 0 Å². The van der Waals surface area contributed by atoms with Crippen molar-refractivity contribution in [2.75, 3.05) is 20.8 Å². The zero-order chi connectivity index (χ0) is 12.3. The van der Waals surface area contributed by atoms with E-state index in [1.807, 2.05) is 0 Å². The van der Waals surface area contributed by atoms with E-state index in [1.165, 1.54) is 14.2 Å². The Kier molecular flexibility index (Phi) is 5.06. The van der Waals surface area contributed by atoms with E-state index in [0.29, 0.717) is 0 Å². The topological polar surface area (TPSA) is 109 Å². The molecule has 1 aliphatic rings. The summed E-state index contributed by atoms with van der Waals surface area (Å²) < 4.78 is 15.0. The molecule has 0 amide bonds. The molecule has 6 atom stereocenters. The van der Waals surface area contributed by atoms with Gasteiger partial charge in [-0.3, -0.25) is 0 Å². The molecule has 4 N–H and O–H groups in total. The van der Waals surface area contributed by atoms with Gasteiger partial charge in [-0.2, -0.15) is 0 Å². The molecule has 1 aliphatic heterocycles. The van der Waals surface area contributed by atoms with Crippen molar-refractivity contribution >= 4 is 0 Å². The highest BCUT2D eigenvalue weighted by Gasteiger charge is 2.45. The van der Waals surface area contributed by atoms with E-state index in [4.69, 9.17) is 19.3 Å². The Morgan fingerprint density at radius 1 is 1.00 bits per heavy atom. The van der Waals surface area contributed by atoms with Crippen LogP contribution in [0.5, 0.6) is 0 Å². The van der Waals surface area contributed by atoms with Crippen LogP contribution in [-0.2, 0) is 14.2 Å². The third-order valence-electron chi connectivity index (χ3n) is 2.68. The van der Waals surface area contributed by atoms with E-state index >= 15 is 0 Å². The van der Waals surface area contributed by atoms with Crippen molar-refractivity contribution in [1.29, 1.82) is 0 Å². The Balaban J connectivity index is 2.90. The fourth-order valence-corrected chi connectivity index (χ4v) is 1.74. The Labute approximate surface area is 93.2 Å². The number of methoxy groups -OCH3 is 2. The lowest BCUT2D eigenvalue weighted by Crippen LogP contribution is -2.48. The lowest BCUT2D eigenvalue weighted by molar-refractivity contribution is -0.223. The number of hydrogen-bond donors (Lipinski definition) is 4. The van der Waals surface area contributed by atoms with E-state index in [1.54, 1.807) is 0 Å². The maximum atomic E-state index is 9.72. The lowest BCUT2D eigenvalue weighted by atomic mass is 10.0. The van der Waals surface area contributed by atoms with Gasteiger partial charge in [0.1, 0.15) is 30.5 Å². The van der Waals surface area contributed by atoms with Crippen LogP contribution >= 0.6 is 0 Å². The predicted octanol–water partition coefficient (Wildman–Crippen LogP) is -2.55. The molecule has 7 heteroatoms. The second-order valence-corrected chi connectivity index (χ2v) is 3.63. The molecule has 1 fully saturated rings. The maximum Gasteiger partial charge on any atom is 0.186 e. The Hall–Kier alpha value is -0.280. The highest BCUT2D eigenvalue weighted by molar-refractivity contribution is 4.91. The summed E-state index contributed by atoms with van der Waals surface area (Å²) in [4.78, 5) is 0. The van der Waals surface area contributed by atoms with Gasteiger partial charge in [-0.1, -0.05) is 0 Å². The van der Waals surface area contributed by atoms with E-state index < -0.39 is 43.4 Å². The normalized spacial score (nSPS) is 45.4. The first-order valence-electron chi connectivity index (χ1n) is 4.93. The summed E-state index contributed by atoms with van der Waals surface area (Å²) >= 11 is 0. The van der Waals surface area contributed by atoms with Crippen LogP contribution in [0, 0.1) is 0 Å². The lowest BCUT2D eigenvalue weighted by Gasteiger charge is -2.26. The number of hydrogen-bond acceptors (Lipinski definition) is 7. The first-order valence-corrected chi connectivity index (χ1v) is 4.93. The molecule has 7 nitrogen and oxygen atoms in total. The first-order chi connectivity index (χ1) is 7.56. The van der Waals surface area contributed by atoms with Crippen LogP contribution in [0.4, 0.5) is 0 Å². The number of aliphatic hydroxyl groups is 4. The second-order valence-electron chi connectivity index (χ2n) is 3.63. The van der Waals surface area contributed by atoms with Crippen LogP contribution in [0.1, 0.15) is 0 Å². The van der Waals surface area contributed by atoms with Crippen molar-refractivity contribution in [2.24, 2.45) is 0 Å². The molecule has 0 aromatic heterocycles. The summed E-state index contributed by atoms with van der Waals surface area (Å²) in [6.45, 7) is -0.422. The van der Waals surface area contributed by atoms with E-state index in [0.717, 1.165) is 0 Å². The van der Waals surface area contributed by atoms with Gasteiger partial charge in [-0.05, 0) is 0 Å². The molecule has 1 rings (SSSR count). The third-order valence-corrected chi connectivity index (χ3v) is 2.68. The van der Waals surface area contributed by atoms with Crippen molar-refractivity contribution in [3.05, 3.63) is 0 Å². The van der Waals surface area contributed by atoms with E-state index in [2.05, 4.69) is 0 Å². The summed E-state index contributed by atoms with van der Waals surface area (Å²) in [7, 11) is 2.60. The SMILES string of the molecule is CO[C@H]1O[C@H](CO)[C@@H](OC)[C@H](O)[C@@H](O)[C@@H]1O. The zero-order valence-electron chi connectivity index (χ0n) is 9.18. The molecule has 16 heavy (non-hydrogen) atoms. The molecular weight excluding hydrogens is 220 g/mol. The third kappa shape index (κ3) is 2.51. The Morgan fingerprint density at radius 3 is 2.06 bits per heavy atom. The summed E-state index contributed by atoms with van der Waals surface area (Å²) in [5.74, 6) is 0. The summed E-state index contributed by atoms with van der Waals surface area (Å²) in [5, 5.41) is 38.0. The average molecular weight is 238 g/mol. The van der Waals surface area contributed by atoms with Gasteiger partial charge in [0.2, 0.25) is 0 Å². The Bertz CT molecular complexity index is 210. The molecule has 0 spiro atoms. The van der Waals surface area contributed by atoms with Crippen molar-refractivity contribution in [3.8, 4) is 0 Å². The van der Waals surface area contributed by atoms with Crippen LogP contribution in [0.15, 0.2) is 0 Å². The largest absolute Gasteiger partial charge is 0.394 e. The van der Waals surface area contributed by atoms with Gasteiger partial charge in [-0.25, -0.2) is 0 Å². The molecule has 96 valence electrons. The van der Waals surface area contributed by atoms with Gasteiger partial charge in [0, 0.05) is 14.2 Å². The minimum Gasteiger partial charge on any atom is -0.394 e. The fraction of sp³-hybridized carbons (Fsp3) is 1.00. The van der Waals surface area contributed by atoms with Crippen molar-refractivity contribution in [3.63, 3.8) is 0 Å². The van der Waals surface area contributed by atoms with Gasteiger partial charge >= 0.3 is 0 Å². The molecular formula is C9H18O7. The quantitative estimate of drug-likeness (QED) is 0.428. The van der Waals surface area contributed by atoms with Gasteiger partial charge in [-0.15, -0.1) is 0 Å². The van der Waals surface area contributed by atoms with E-state index in [9.17, 15) is 15.3 Å². The second kappa shape index (κ2) is 5.87. The minimum absolute atomic E-state index is 0.422. The standard InChI is InChI=1S/C9H18O7/c1-14-8-4(3-10)16-9(15-2)7(13)5(11)6(8)12/h4-13H,3H2,1-2H3/t4-,5-,6-,7+,8-,9+/m1/s1. The van der Waals surface area contributed by atoms with Crippen molar-refractivity contribution in [2.45, 2.75) is 36.8 Å². The van der Waals surface area contributed by atoms with Crippen LogP contribution < -0.4 is 0 Å². The molecule has 1 saturated heterocycles. The zero-order valence-corrected chi connectivity index (χ0v) is 9.18. The highest BCUT2D eigenvalue weighted by Crippen LogP contribution is 2.22. The molecule has 0 bridgehead atoms. The van der Waals surface area contributed by atoms with Crippen LogP contribution in [0.25, 0.3) is 0 Å². The highest BCUT2D eigenvalue weighted by atomic mass is 16.7. The molecule has 0 radical (unpaired) electrons. The Morgan fingerprint density at radius 2 is 1.62 bits per heavy atom. The van der Waals surface area contributed by atoms with Crippen LogP contribution in [0.2, 0.25) is 0 Å². The number of ether oxygens (including phenoxy) is 3. The first kappa shape index (κ1) is 13.8. The van der Waals surface area contributed by atoms with Gasteiger partial charge in [0.15, 0.2) is 6.29 Å². The molecule has 0 aromatic carbocycles. The molecule has 0 aromatic rings. The average Bonchev–Trinajstić information content (AvgIpc) is 2.39. The smallest absolute Gasteiger partial charge is 0.186 e. The number of aliphatic hydroxyl groups excluding tert-OH is 4. The maximum absolute atomic E-state index is 9.72. The van der Waals surface area contributed by atoms with Gasteiger partial charge < -0.3 is 34.6 Å². The summed E-state index contributed by atoms with van der Waals surface area (Å²) in [5.41, 5.74) is 0. The predicted molar refractivity (Wildman–Crippen MR) is 51.6 cm³/mol. The number of rotatable bonds is 3. The molecule has 0 aliphatic carbocycles. The summed E-state index contributed by atoms with van der Waals surface area (Å²) in [6.07, 6.45) is -7.17. The minimum atomic E-state index is -1.47. The van der Waals surface area contributed by atoms with Gasteiger partial charge in [0.05, 0.1) is 6.61 Å². The monoisotopic (exact) mass is 238 g/mol. The molecule has 0 unspecified atom stereocenters. The van der Waals surface area contributed by atoms with E-state index in [-0.39, 0.29) is 0 Å². The van der Waals surface area contributed by atoms with Crippen LogP contribution in [0.3, 0.4) is 0 Å². The van der Waals surface area contributed by atoms with Gasteiger partial charge in [0.25, 0.3) is 0 Å². The summed E-state index contributed by atoms with van der Waals surface area (Å²) in [6, 6.07) is 0. The van der Waals surface area contributed by atoms with Crippen LogP contribution in [-0.4, -0.2) is 78.1 Å². The molecule has 1 heterocycles. The fourth-order valence-electron chi connectivity index (χ4n) is 1.74. The molecule has 0 saturated carbocycles. The van der Waals surface area contributed by atoms with Crippen molar-refractivity contribution < 1.29 is 34.6 Å².